The number of hydrogen-bond acceptors (Lipinski definition) is 3. The molecule has 1 aromatic rings. The van der Waals surface area contributed by atoms with E-state index in [1.54, 1.807) is 13.8 Å². The number of aliphatic hydroxyl groups is 1. The zero-order valence-corrected chi connectivity index (χ0v) is 11.5. The molecule has 0 aliphatic carbocycles. The number of rotatable bonds is 3. The lowest BCUT2D eigenvalue weighted by molar-refractivity contribution is -0.170. The van der Waals surface area contributed by atoms with E-state index in [4.69, 9.17) is 4.74 Å². The van der Waals surface area contributed by atoms with Gasteiger partial charge in [-0.15, -0.1) is 0 Å². The number of hydrogen-bond donors (Lipinski definition) is 2. The van der Waals surface area contributed by atoms with Gasteiger partial charge in [-0.05, 0) is 12.0 Å². The zero-order valence-electron chi connectivity index (χ0n) is 11.5. The number of fused-ring (bicyclic) bond motifs is 1. The fourth-order valence-electron chi connectivity index (χ4n) is 2.90. The van der Waals surface area contributed by atoms with E-state index < -0.39 is 17.5 Å². The first-order valence-corrected chi connectivity index (χ1v) is 6.56. The standard InChI is InChI=1S/C15H20O4/c1-9(2)15(18,14(16)17)13-10(3)8-19-12-7-5-4-6-11(12)13/h4-7,9-10,13,18H,8H2,1-3H3,(H,16,17). The van der Waals surface area contributed by atoms with Crippen molar-refractivity contribution >= 4 is 5.97 Å². The van der Waals surface area contributed by atoms with Gasteiger partial charge in [0.1, 0.15) is 5.75 Å². The summed E-state index contributed by atoms with van der Waals surface area (Å²) < 4.78 is 5.62. The van der Waals surface area contributed by atoms with Crippen LogP contribution in [0.25, 0.3) is 0 Å². The molecule has 0 amide bonds. The van der Waals surface area contributed by atoms with Gasteiger partial charge in [0.05, 0.1) is 6.61 Å². The van der Waals surface area contributed by atoms with Crippen LogP contribution in [0.4, 0.5) is 0 Å². The Balaban J connectivity index is 2.56. The number of carbonyl (C=O) groups is 1. The summed E-state index contributed by atoms with van der Waals surface area (Å²) >= 11 is 0. The van der Waals surface area contributed by atoms with E-state index in [2.05, 4.69) is 0 Å². The molecule has 19 heavy (non-hydrogen) atoms. The van der Waals surface area contributed by atoms with Crippen LogP contribution in [0.5, 0.6) is 5.75 Å². The first-order valence-electron chi connectivity index (χ1n) is 6.56. The molecule has 1 aliphatic rings. The van der Waals surface area contributed by atoms with E-state index in [9.17, 15) is 15.0 Å². The molecule has 1 aromatic carbocycles. The minimum atomic E-state index is -1.78. The Kier molecular flexibility index (Phi) is 3.54. The average Bonchev–Trinajstić information content (AvgIpc) is 2.37. The molecule has 1 aliphatic heterocycles. The van der Waals surface area contributed by atoms with Gasteiger partial charge in [0.15, 0.2) is 5.60 Å². The quantitative estimate of drug-likeness (QED) is 0.879. The molecular formula is C15H20O4. The van der Waals surface area contributed by atoms with Crippen LogP contribution in [-0.4, -0.2) is 28.4 Å². The van der Waals surface area contributed by atoms with E-state index in [-0.39, 0.29) is 11.8 Å². The van der Waals surface area contributed by atoms with Crippen molar-refractivity contribution in [1.29, 1.82) is 0 Å². The fourth-order valence-corrected chi connectivity index (χ4v) is 2.90. The van der Waals surface area contributed by atoms with E-state index in [0.717, 1.165) is 5.56 Å². The van der Waals surface area contributed by atoms with Crippen LogP contribution in [-0.2, 0) is 4.79 Å². The van der Waals surface area contributed by atoms with Gasteiger partial charge in [-0.1, -0.05) is 39.0 Å². The van der Waals surface area contributed by atoms with Crippen molar-refractivity contribution in [2.24, 2.45) is 11.8 Å². The molecule has 4 heteroatoms. The third-order valence-electron chi connectivity index (χ3n) is 4.02. The molecule has 3 atom stereocenters. The van der Waals surface area contributed by atoms with Crippen molar-refractivity contribution in [3.63, 3.8) is 0 Å². The SMILES string of the molecule is CC1COc2ccccc2C1C(O)(C(=O)O)C(C)C. The third kappa shape index (κ3) is 2.10. The van der Waals surface area contributed by atoms with Gasteiger partial charge in [0, 0.05) is 17.4 Å². The maximum atomic E-state index is 11.6. The van der Waals surface area contributed by atoms with E-state index in [1.807, 2.05) is 31.2 Å². The Morgan fingerprint density at radius 2 is 2.05 bits per heavy atom. The molecule has 0 radical (unpaired) electrons. The van der Waals surface area contributed by atoms with Gasteiger partial charge < -0.3 is 14.9 Å². The normalized spacial score (nSPS) is 25.3. The average molecular weight is 264 g/mol. The van der Waals surface area contributed by atoms with Crippen LogP contribution in [0.1, 0.15) is 32.3 Å². The van der Waals surface area contributed by atoms with Crippen LogP contribution in [0.2, 0.25) is 0 Å². The smallest absolute Gasteiger partial charge is 0.336 e. The summed E-state index contributed by atoms with van der Waals surface area (Å²) in [6.45, 7) is 5.80. The molecular weight excluding hydrogens is 244 g/mol. The summed E-state index contributed by atoms with van der Waals surface area (Å²) in [4.78, 5) is 11.6. The minimum absolute atomic E-state index is 0.0570. The van der Waals surface area contributed by atoms with Crippen molar-refractivity contribution in [1.82, 2.24) is 0 Å². The van der Waals surface area contributed by atoms with E-state index in [1.165, 1.54) is 0 Å². The molecule has 0 bridgehead atoms. The molecule has 2 N–H and O–H groups in total. The minimum Gasteiger partial charge on any atom is -0.493 e. The molecule has 0 fully saturated rings. The number of aliphatic carboxylic acids is 1. The van der Waals surface area contributed by atoms with Gasteiger partial charge in [-0.25, -0.2) is 4.79 Å². The van der Waals surface area contributed by atoms with Crippen molar-refractivity contribution in [2.75, 3.05) is 6.61 Å². The maximum Gasteiger partial charge on any atom is 0.336 e. The first-order chi connectivity index (χ1) is 8.89. The van der Waals surface area contributed by atoms with E-state index >= 15 is 0 Å². The molecule has 3 unspecified atom stereocenters. The van der Waals surface area contributed by atoms with Crippen LogP contribution in [0, 0.1) is 11.8 Å². The summed E-state index contributed by atoms with van der Waals surface area (Å²) in [6, 6.07) is 7.35. The van der Waals surface area contributed by atoms with Crippen LogP contribution in [0.3, 0.4) is 0 Å². The molecule has 0 saturated carbocycles. The number of carboxylic acid groups (broad SMARTS) is 1. The highest BCUT2D eigenvalue weighted by Crippen LogP contribution is 2.46. The van der Waals surface area contributed by atoms with Crippen LogP contribution >= 0.6 is 0 Å². The Labute approximate surface area is 113 Å². The Hall–Kier alpha value is -1.55. The lowest BCUT2D eigenvalue weighted by atomic mass is 9.68. The summed E-state index contributed by atoms with van der Waals surface area (Å²) in [5.74, 6) is -1.40. The Morgan fingerprint density at radius 3 is 2.63 bits per heavy atom. The molecule has 4 nitrogen and oxygen atoms in total. The highest BCUT2D eigenvalue weighted by Gasteiger charge is 2.51. The van der Waals surface area contributed by atoms with Gasteiger partial charge >= 0.3 is 5.97 Å². The van der Waals surface area contributed by atoms with Gasteiger partial charge in [-0.2, -0.15) is 0 Å². The number of benzene rings is 1. The van der Waals surface area contributed by atoms with Crippen molar-refractivity contribution < 1.29 is 19.7 Å². The lowest BCUT2D eigenvalue weighted by Gasteiger charge is -2.42. The van der Waals surface area contributed by atoms with Gasteiger partial charge in [0.2, 0.25) is 0 Å². The second kappa shape index (κ2) is 4.85. The van der Waals surface area contributed by atoms with Gasteiger partial charge in [-0.3, -0.25) is 0 Å². The predicted molar refractivity (Wildman–Crippen MR) is 71.3 cm³/mol. The maximum absolute atomic E-state index is 11.6. The highest BCUT2D eigenvalue weighted by molar-refractivity contribution is 5.79. The molecule has 0 spiro atoms. The largest absolute Gasteiger partial charge is 0.493 e. The highest BCUT2D eigenvalue weighted by atomic mass is 16.5. The molecule has 104 valence electrons. The van der Waals surface area contributed by atoms with Crippen molar-refractivity contribution in [3.05, 3.63) is 29.8 Å². The van der Waals surface area contributed by atoms with E-state index in [0.29, 0.717) is 12.4 Å². The zero-order chi connectivity index (χ0) is 14.2. The Bertz CT molecular complexity index is 483. The summed E-state index contributed by atoms with van der Waals surface area (Å²) in [6.07, 6.45) is 0. The lowest BCUT2D eigenvalue weighted by Crippen LogP contribution is -2.52. The second-order valence-electron chi connectivity index (χ2n) is 5.59. The fraction of sp³-hybridized carbons (Fsp3) is 0.533. The first kappa shape index (κ1) is 13.9. The molecule has 1 heterocycles. The van der Waals surface area contributed by atoms with Crippen LogP contribution < -0.4 is 4.74 Å². The third-order valence-corrected chi connectivity index (χ3v) is 4.02. The topological polar surface area (TPSA) is 66.8 Å². The summed E-state index contributed by atoms with van der Waals surface area (Å²) in [5.41, 5.74) is -1.00. The monoisotopic (exact) mass is 264 g/mol. The van der Waals surface area contributed by atoms with Crippen molar-refractivity contribution in [3.8, 4) is 5.75 Å². The van der Waals surface area contributed by atoms with Gasteiger partial charge in [0.25, 0.3) is 0 Å². The van der Waals surface area contributed by atoms with Crippen molar-refractivity contribution in [2.45, 2.75) is 32.3 Å². The van der Waals surface area contributed by atoms with Crippen LogP contribution in [0.15, 0.2) is 24.3 Å². The number of para-hydroxylation sites is 1. The second-order valence-corrected chi connectivity index (χ2v) is 5.59. The number of carboxylic acids is 1. The summed E-state index contributed by atoms with van der Waals surface area (Å²) in [7, 11) is 0. The number of ether oxygens (including phenoxy) is 1. The Morgan fingerprint density at radius 1 is 1.42 bits per heavy atom. The molecule has 2 rings (SSSR count). The predicted octanol–water partition coefficient (Wildman–Crippen LogP) is 2.27. The summed E-state index contributed by atoms with van der Waals surface area (Å²) in [5, 5.41) is 20.3. The molecule has 0 saturated heterocycles. The molecule has 0 aromatic heterocycles.